The summed E-state index contributed by atoms with van der Waals surface area (Å²) in [6.07, 6.45) is -12.5. The first-order chi connectivity index (χ1) is 26.8. The maximum atomic E-state index is 12.5. The van der Waals surface area contributed by atoms with Gasteiger partial charge in [-0.25, -0.2) is 0 Å². The lowest BCUT2D eigenvalue weighted by atomic mass is 9.96. The summed E-state index contributed by atoms with van der Waals surface area (Å²) in [5, 5.41) is 118. The molecule has 0 aromatic rings. The Morgan fingerprint density at radius 2 is 1.11 bits per heavy atom. The van der Waals surface area contributed by atoms with Crippen LogP contribution in [-0.4, -0.2) is 193 Å². The zero-order valence-corrected chi connectivity index (χ0v) is 32.4. The summed E-state index contributed by atoms with van der Waals surface area (Å²) >= 11 is 0. The highest BCUT2D eigenvalue weighted by Gasteiger charge is 2.53. The van der Waals surface area contributed by atoms with E-state index < -0.39 is 124 Å². The maximum Gasteiger partial charge on any atom is 0.220 e. The summed E-state index contributed by atoms with van der Waals surface area (Å²) in [4.78, 5) is 12.5. The lowest BCUT2D eigenvalue weighted by Gasteiger charge is -2.48. The average molecular weight is 814 g/mol. The van der Waals surface area contributed by atoms with Crippen molar-refractivity contribution < 1.29 is 89.4 Å². The number of nitrogens with one attached hydrogen (secondary N) is 1. The largest absolute Gasteiger partial charge is 0.394 e. The van der Waals surface area contributed by atoms with Gasteiger partial charge < -0.3 is 89.9 Å². The SMILES string of the molecule is CCCCCCCCCC/C=C/C(O)C(COC1OC(CO)C(OC2OC(CO)C(OC3OC(CO)C(O)C(O)C3O)C(O)C2O)C(O)C1O)NC(=O)CCC. The van der Waals surface area contributed by atoms with Crippen LogP contribution in [0.25, 0.3) is 0 Å². The standard InChI is InChI=1S/C37H67NO18/c1-3-5-6-7-8-9-10-11-12-13-15-21(42)20(38-25(43)14-4-2)19-51-35-31(49)28(46)33(23(17-40)53-35)56-37-32(50)29(47)34(24(18-41)54-37)55-36-30(48)27(45)26(44)22(16-39)52-36/h13,15,20-24,26-37,39-42,44-50H,3-12,14,16-19H2,1-2H3,(H,38,43)/b15-13+. The van der Waals surface area contributed by atoms with Gasteiger partial charge in [-0.05, 0) is 19.3 Å². The fraction of sp³-hybridized carbons (Fsp3) is 0.919. The second kappa shape index (κ2) is 25.2. The fourth-order valence-electron chi connectivity index (χ4n) is 6.88. The first kappa shape index (κ1) is 48.9. The monoisotopic (exact) mass is 813 g/mol. The van der Waals surface area contributed by atoms with Crippen LogP contribution in [0.2, 0.25) is 0 Å². The average Bonchev–Trinajstić information content (AvgIpc) is 3.19. The predicted molar refractivity (Wildman–Crippen MR) is 194 cm³/mol. The molecule has 3 aliphatic heterocycles. The van der Waals surface area contributed by atoms with Crippen molar-refractivity contribution in [2.45, 2.75) is 189 Å². The van der Waals surface area contributed by atoms with Gasteiger partial charge in [0.15, 0.2) is 18.9 Å². The Labute approximate surface area is 327 Å². The van der Waals surface area contributed by atoms with Gasteiger partial charge in [0.05, 0.1) is 38.6 Å². The van der Waals surface area contributed by atoms with Crippen molar-refractivity contribution in [2.24, 2.45) is 0 Å². The molecule has 0 aromatic heterocycles. The summed E-state index contributed by atoms with van der Waals surface area (Å²) in [5.74, 6) is -0.335. The Morgan fingerprint density at radius 3 is 1.64 bits per heavy atom. The van der Waals surface area contributed by atoms with Crippen molar-refractivity contribution in [3.63, 3.8) is 0 Å². The molecule has 0 aromatic carbocycles. The quantitative estimate of drug-likeness (QED) is 0.0346. The molecule has 17 atom stereocenters. The Morgan fingerprint density at radius 1 is 0.625 bits per heavy atom. The molecule has 19 heteroatoms. The topological polar surface area (TPSA) is 307 Å². The van der Waals surface area contributed by atoms with Gasteiger partial charge in [0.2, 0.25) is 5.91 Å². The van der Waals surface area contributed by atoms with Gasteiger partial charge in [-0.3, -0.25) is 4.79 Å². The van der Waals surface area contributed by atoms with Crippen LogP contribution >= 0.6 is 0 Å². The first-order valence-corrected chi connectivity index (χ1v) is 19.9. The summed E-state index contributed by atoms with van der Waals surface area (Å²) < 4.78 is 33.6. The number of carbonyl (C=O) groups is 1. The minimum absolute atomic E-state index is 0.194. The summed E-state index contributed by atoms with van der Waals surface area (Å²) in [6.45, 7) is 1.23. The lowest BCUT2D eigenvalue weighted by molar-refractivity contribution is -0.379. The van der Waals surface area contributed by atoms with Crippen LogP contribution in [0.1, 0.15) is 84.5 Å². The van der Waals surface area contributed by atoms with E-state index in [0.717, 1.165) is 25.7 Å². The van der Waals surface area contributed by atoms with E-state index in [0.29, 0.717) is 6.42 Å². The van der Waals surface area contributed by atoms with Crippen LogP contribution < -0.4 is 5.32 Å². The van der Waals surface area contributed by atoms with E-state index in [-0.39, 0.29) is 18.9 Å². The molecule has 56 heavy (non-hydrogen) atoms. The number of aliphatic hydroxyl groups is 11. The number of amides is 1. The zero-order chi connectivity index (χ0) is 41.4. The number of carbonyl (C=O) groups excluding carboxylic acids is 1. The molecular weight excluding hydrogens is 746 g/mol. The van der Waals surface area contributed by atoms with E-state index in [1.807, 2.05) is 13.0 Å². The molecule has 12 N–H and O–H groups in total. The molecule has 3 heterocycles. The van der Waals surface area contributed by atoms with Gasteiger partial charge in [0.25, 0.3) is 0 Å². The molecule has 3 aliphatic rings. The third-order valence-corrected chi connectivity index (χ3v) is 10.3. The molecule has 0 radical (unpaired) electrons. The van der Waals surface area contributed by atoms with Crippen molar-refractivity contribution >= 4 is 5.91 Å². The molecule has 328 valence electrons. The first-order valence-electron chi connectivity index (χ1n) is 19.9. The summed E-state index contributed by atoms with van der Waals surface area (Å²) in [5.41, 5.74) is 0. The Kier molecular flexibility index (Phi) is 22.0. The molecular formula is C37H67NO18. The van der Waals surface area contributed by atoms with Crippen LogP contribution in [0.15, 0.2) is 12.2 Å². The van der Waals surface area contributed by atoms with Gasteiger partial charge in [-0.15, -0.1) is 0 Å². The normalized spacial score (nSPS) is 37.8. The lowest BCUT2D eigenvalue weighted by Crippen LogP contribution is -2.66. The molecule has 1 amide bonds. The van der Waals surface area contributed by atoms with E-state index >= 15 is 0 Å². The molecule has 3 rings (SSSR count). The van der Waals surface area contributed by atoms with E-state index in [4.69, 9.17) is 28.4 Å². The van der Waals surface area contributed by atoms with Crippen molar-refractivity contribution in [1.29, 1.82) is 0 Å². The fourth-order valence-corrected chi connectivity index (χ4v) is 6.88. The zero-order valence-electron chi connectivity index (χ0n) is 32.4. The van der Waals surface area contributed by atoms with Gasteiger partial charge in [0.1, 0.15) is 73.2 Å². The molecule has 0 saturated carbocycles. The number of hydrogen-bond acceptors (Lipinski definition) is 18. The molecule has 0 bridgehead atoms. The molecule has 3 saturated heterocycles. The third kappa shape index (κ3) is 13.8. The molecule has 17 unspecified atom stereocenters. The van der Waals surface area contributed by atoms with Crippen molar-refractivity contribution in [1.82, 2.24) is 5.32 Å². The van der Waals surface area contributed by atoms with E-state index in [1.54, 1.807) is 6.08 Å². The molecule has 19 nitrogen and oxygen atoms in total. The van der Waals surface area contributed by atoms with Crippen molar-refractivity contribution in [3.05, 3.63) is 12.2 Å². The number of rotatable bonds is 24. The smallest absolute Gasteiger partial charge is 0.220 e. The Balaban J connectivity index is 1.60. The highest BCUT2D eigenvalue weighted by atomic mass is 16.8. The molecule has 0 aliphatic carbocycles. The molecule has 0 spiro atoms. The van der Waals surface area contributed by atoms with Crippen LogP contribution in [0, 0.1) is 0 Å². The second-order valence-electron chi connectivity index (χ2n) is 14.8. The minimum Gasteiger partial charge on any atom is -0.394 e. The van der Waals surface area contributed by atoms with Gasteiger partial charge in [0, 0.05) is 6.42 Å². The van der Waals surface area contributed by atoms with E-state index in [9.17, 15) is 61.0 Å². The van der Waals surface area contributed by atoms with Crippen LogP contribution in [0.5, 0.6) is 0 Å². The van der Waals surface area contributed by atoms with E-state index in [2.05, 4.69) is 12.2 Å². The number of allylic oxidation sites excluding steroid dienone is 1. The number of unbranched alkanes of at least 4 members (excludes halogenated alkanes) is 8. The summed E-state index contributed by atoms with van der Waals surface area (Å²) in [6, 6.07) is -0.959. The Bertz CT molecular complexity index is 1120. The van der Waals surface area contributed by atoms with Crippen LogP contribution in [0.4, 0.5) is 0 Å². The number of aliphatic hydroxyl groups excluding tert-OH is 11. The summed E-state index contributed by atoms with van der Waals surface area (Å²) in [7, 11) is 0. The van der Waals surface area contributed by atoms with Crippen molar-refractivity contribution in [3.8, 4) is 0 Å². The second-order valence-corrected chi connectivity index (χ2v) is 14.8. The molecule has 3 fully saturated rings. The number of hydrogen-bond donors (Lipinski definition) is 12. The van der Waals surface area contributed by atoms with Gasteiger partial charge in [-0.2, -0.15) is 0 Å². The minimum atomic E-state index is -1.97. The van der Waals surface area contributed by atoms with Crippen LogP contribution in [0.3, 0.4) is 0 Å². The maximum absolute atomic E-state index is 12.5. The van der Waals surface area contributed by atoms with E-state index in [1.165, 1.54) is 32.1 Å². The Hall–Kier alpha value is -1.47. The third-order valence-electron chi connectivity index (χ3n) is 10.3. The predicted octanol–water partition coefficient (Wildman–Crippen LogP) is -2.82. The van der Waals surface area contributed by atoms with Gasteiger partial charge >= 0.3 is 0 Å². The number of ether oxygens (including phenoxy) is 6. The highest BCUT2D eigenvalue weighted by molar-refractivity contribution is 5.76. The van der Waals surface area contributed by atoms with Gasteiger partial charge in [-0.1, -0.05) is 70.9 Å². The van der Waals surface area contributed by atoms with Crippen LogP contribution in [-0.2, 0) is 33.2 Å². The highest BCUT2D eigenvalue weighted by Crippen LogP contribution is 2.32. The van der Waals surface area contributed by atoms with Crippen molar-refractivity contribution in [2.75, 3.05) is 26.4 Å².